The lowest BCUT2D eigenvalue weighted by atomic mass is 10.1. The second-order valence-electron chi connectivity index (χ2n) is 6.84. The van der Waals surface area contributed by atoms with Crippen molar-refractivity contribution in [2.24, 2.45) is 0 Å². The molecule has 0 radical (unpaired) electrons. The van der Waals surface area contributed by atoms with Crippen LogP contribution in [0.2, 0.25) is 0 Å². The van der Waals surface area contributed by atoms with Crippen molar-refractivity contribution >= 4 is 22.7 Å². The maximum absolute atomic E-state index is 14.3. The molecule has 3 aromatic rings. The Morgan fingerprint density at radius 3 is 3.15 bits per heavy atom. The molecule has 0 saturated carbocycles. The molecule has 5 heterocycles. The predicted molar refractivity (Wildman–Crippen MR) is 97.2 cm³/mol. The van der Waals surface area contributed by atoms with Crippen molar-refractivity contribution in [1.29, 1.82) is 0 Å². The summed E-state index contributed by atoms with van der Waals surface area (Å²) in [4.78, 5) is 8.99. The van der Waals surface area contributed by atoms with Gasteiger partial charge in [-0.15, -0.1) is 5.10 Å². The first kappa shape index (κ1) is 16.4. The quantitative estimate of drug-likeness (QED) is 0.698. The molecule has 2 bridgehead atoms. The van der Waals surface area contributed by atoms with Crippen LogP contribution in [0.25, 0.3) is 11.0 Å². The lowest BCUT2D eigenvalue weighted by Gasteiger charge is -2.26. The highest BCUT2D eigenvalue weighted by atomic mass is 19.1. The van der Waals surface area contributed by atoms with Gasteiger partial charge in [0.25, 0.3) is 5.88 Å². The molecule has 0 unspecified atom stereocenters. The van der Waals surface area contributed by atoms with Crippen LogP contribution in [0.3, 0.4) is 0 Å². The molecule has 5 rings (SSSR count). The molecule has 10 heteroatoms. The fourth-order valence-corrected chi connectivity index (χ4v) is 3.55. The van der Waals surface area contributed by atoms with Crippen LogP contribution in [0.15, 0.2) is 12.4 Å². The number of nitrogens with zero attached hydrogens (tertiary/aromatic N) is 6. The van der Waals surface area contributed by atoms with Crippen LogP contribution in [0, 0.1) is 6.92 Å². The highest BCUT2D eigenvalue weighted by molar-refractivity contribution is 5.78. The van der Waals surface area contributed by atoms with E-state index >= 15 is 0 Å². The van der Waals surface area contributed by atoms with Crippen molar-refractivity contribution in [2.45, 2.75) is 38.5 Å². The second-order valence-corrected chi connectivity index (χ2v) is 6.84. The Morgan fingerprint density at radius 2 is 2.26 bits per heavy atom. The van der Waals surface area contributed by atoms with Gasteiger partial charge in [0.2, 0.25) is 5.95 Å². The predicted octanol–water partition coefficient (Wildman–Crippen LogP) is 2.40. The van der Waals surface area contributed by atoms with Gasteiger partial charge in [-0.2, -0.15) is 10.1 Å². The van der Waals surface area contributed by atoms with Crippen LogP contribution in [-0.2, 0) is 11.3 Å². The van der Waals surface area contributed by atoms with E-state index < -0.39 is 6.17 Å². The summed E-state index contributed by atoms with van der Waals surface area (Å²) in [7, 11) is 0. The van der Waals surface area contributed by atoms with Gasteiger partial charge in [-0.05, 0) is 13.3 Å². The Balaban J connectivity index is 0.00000192. The largest absolute Gasteiger partial charge is 0.475 e. The van der Waals surface area contributed by atoms with Gasteiger partial charge in [0, 0.05) is 27.2 Å². The average molecular weight is 375 g/mol. The standard InChI is InChI=1S/C17H20FN7O2.H2/c1-10-11-7-19-17-20-13-8-25(14-3-6-26-9-12(14)18)23-16(13)27-5-2-4-24(22-10)15(11)21-17;/h7-8,12,14H,2-6,9H2,1H3,(H,19,20,21);1H/t12-,14-;/m0./s1. The Morgan fingerprint density at radius 1 is 1.33 bits per heavy atom. The number of ether oxygens (including phenoxy) is 2. The van der Waals surface area contributed by atoms with Gasteiger partial charge in [-0.3, -0.25) is 4.68 Å². The van der Waals surface area contributed by atoms with Gasteiger partial charge < -0.3 is 14.8 Å². The smallest absolute Gasteiger partial charge is 0.256 e. The molecule has 0 aliphatic carbocycles. The van der Waals surface area contributed by atoms with Gasteiger partial charge >= 0.3 is 0 Å². The monoisotopic (exact) mass is 375 g/mol. The minimum absolute atomic E-state index is 0. The molecule has 1 saturated heterocycles. The first-order valence-corrected chi connectivity index (χ1v) is 9.10. The number of hydrogen-bond acceptors (Lipinski definition) is 7. The SMILES string of the molecule is Cc1nn2c3nc(ncc13)Nc1cn([C@H]3CCOC[C@@H]3F)nc1OCCC2.[HH]. The topological polar surface area (TPSA) is 91.9 Å². The minimum atomic E-state index is -1.09. The summed E-state index contributed by atoms with van der Waals surface area (Å²) in [6.07, 6.45) is 3.75. The van der Waals surface area contributed by atoms with Crippen molar-refractivity contribution in [3.05, 3.63) is 18.1 Å². The van der Waals surface area contributed by atoms with E-state index in [9.17, 15) is 4.39 Å². The van der Waals surface area contributed by atoms with Crippen LogP contribution in [0.4, 0.5) is 16.0 Å². The normalized spacial score (nSPS) is 22.7. The molecule has 1 N–H and O–H groups in total. The molecule has 3 aromatic heterocycles. The lowest BCUT2D eigenvalue weighted by Crippen LogP contribution is -2.31. The van der Waals surface area contributed by atoms with Crippen LogP contribution in [0.1, 0.15) is 26.0 Å². The maximum atomic E-state index is 14.3. The van der Waals surface area contributed by atoms with Crippen molar-refractivity contribution in [3.63, 3.8) is 0 Å². The summed E-state index contributed by atoms with van der Waals surface area (Å²) in [5.74, 6) is 0.854. The average Bonchev–Trinajstić information content (AvgIpc) is 3.19. The molecule has 2 atom stereocenters. The molecule has 1 fully saturated rings. The van der Waals surface area contributed by atoms with Crippen LogP contribution in [0.5, 0.6) is 5.88 Å². The van der Waals surface area contributed by atoms with E-state index in [1.54, 1.807) is 17.1 Å². The van der Waals surface area contributed by atoms with Crippen molar-refractivity contribution in [2.75, 3.05) is 25.1 Å². The zero-order chi connectivity index (χ0) is 18.4. The Hall–Kier alpha value is -2.75. The van der Waals surface area contributed by atoms with Crippen LogP contribution in [-0.4, -0.2) is 55.5 Å². The molecule has 0 spiro atoms. The Kier molecular flexibility index (Phi) is 3.92. The van der Waals surface area contributed by atoms with Gasteiger partial charge in [-0.25, -0.2) is 14.1 Å². The molecular formula is C17H22FN7O2. The zero-order valence-corrected chi connectivity index (χ0v) is 14.9. The molecule has 9 nitrogen and oxygen atoms in total. The molecule has 2 aliphatic heterocycles. The highest BCUT2D eigenvalue weighted by Gasteiger charge is 2.29. The highest BCUT2D eigenvalue weighted by Crippen LogP contribution is 2.31. The van der Waals surface area contributed by atoms with Gasteiger partial charge in [0.15, 0.2) is 5.65 Å². The number of nitrogens with one attached hydrogen (secondary N) is 1. The Bertz CT molecular complexity index is 991. The van der Waals surface area contributed by atoms with Gasteiger partial charge in [-0.1, -0.05) is 0 Å². The van der Waals surface area contributed by atoms with E-state index in [0.717, 1.165) is 23.1 Å². The van der Waals surface area contributed by atoms with E-state index in [2.05, 4.69) is 25.5 Å². The Labute approximate surface area is 156 Å². The molecule has 27 heavy (non-hydrogen) atoms. The van der Waals surface area contributed by atoms with Crippen LogP contribution >= 0.6 is 0 Å². The number of rotatable bonds is 1. The number of aryl methyl sites for hydroxylation is 2. The number of alkyl halides is 1. The van der Waals surface area contributed by atoms with E-state index in [0.29, 0.717) is 43.7 Å². The third-order valence-electron chi connectivity index (χ3n) is 4.96. The third-order valence-corrected chi connectivity index (χ3v) is 4.96. The summed E-state index contributed by atoms with van der Waals surface area (Å²) in [5, 5.41) is 13.1. The number of halogens is 1. The van der Waals surface area contributed by atoms with Crippen molar-refractivity contribution in [1.82, 2.24) is 29.5 Å². The number of aromatic nitrogens is 6. The number of hydrogen-bond donors (Lipinski definition) is 1. The first-order chi connectivity index (χ1) is 13.2. The lowest BCUT2D eigenvalue weighted by molar-refractivity contribution is -0.000436. The summed E-state index contributed by atoms with van der Waals surface area (Å²) < 4.78 is 28.8. The van der Waals surface area contributed by atoms with Gasteiger partial charge in [0.05, 0.1) is 36.5 Å². The maximum Gasteiger partial charge on any atom is 0.256 e. The zero-order valence-electron chi connectivity index (χ0n) is 14.9. The fourth-order valence-electron chi connectivity index (χ4n) is 3.55. The first-order valence-electron chi connectivity index (χ1n) is 9.10. The summed E-state index contributed by atoms with van der Waals surface area (Å²) >= 11 is 0. The van der Waals surface area contributed by atoms with Crippen molar-refractivity contribution in [3.8, 4) is 5.88 Å². The molecule has 0 aromatic carbocycles. The van der Waals surface area contributed by atoms with E-state index in [-0.39, 0.29) is 14.1 Å². The molecular weight excluding hydrogens is 353 g/mol. The number of fused-ring (bicyclic) bond motifs is 2. The van der Waals surface area contributed by atoms with Gasteiger partial charge in [0.1, 0.15) is 11.9 Å². The minimum Gasteiger partial charge on any atom is -0.475 e. The third kappa shape index (κ3) is 2.89. The fraction of sp³-hybridized carbons (Fsp3) is 0.529. The second kappa shape index (κ2) is 6.45. The summed E-state index contributed by atoms with van der Waals surface area (Å²) in [6.45, 7) is 3.71. The summed E-state index contributed by atoms with van der Waals surface area (Å²) in [6, 6.07) is -0.364. The van der Waals surface area contributed by atoms with Crippen LogP contribution < -0.4 is 10.1 Å². The van der Waals surface area contributed by atoms with Crippen molar-refractivity contribution < 1.29 is 15.3 Å². The molecule has 0 amide bonds. The molecule has 2 aliphatic rings. The van der Waals surface area contributed by atoms with E-state index in [1.165, 1.54) is 0 Å². The summed E-state index contributed by atoms with van der Waals surface area (Å²) in [5.41, 5.74) is 2.31. The van der Waals surface area contributed by atoms with E-state index in [1.807, 2.05) is 11.6 Å². The number of anilines is 2. The molecule has 144 valence electrons. The van der Waals surface area contributed by atoms with E-state index in [4.69, 9.17) is 9.47 Å².